The van der Waals surface area contributed by atoms with Gasteiger partial charge < -0.3 is 15.2 Å². The zero-order valence-corrected chi connectivity index (χ0v) is 8.68. The molecule has 2 rings (SSSR count). The minimum Gasteiger partial charge on any atom is -0.508 e. The van der Waals surface area contributed by atoms with Gasteiger partial charge in [-0.1, -0.05) is 12.1 Å². The average Bonchev–Trinajstić information content (AvgIpc) is 2.30. The first-order valence-electron chi connectivity index (χ1n) is 4.83. The number of carbonyl (C=O) groups is 1. The van der Waals surface area contributed by atoms with Gasteiger partial charge in [0.25, 0.3) is 5.56 Å². The third-order valence-corrected chi connectivity index (χ3v) is 2.33. The summed E-state index contributed by atoms with van der Waals surface area (Å²) in [4.78, 5) is 24.4. The molecule has 0 aliphatic carbocycles. The van der Waals surface area contributed by atoms with Crippen LogP contribution in [0.25, 0.3) is 11.1 Å². The number of phenols is 1. The van der Waals surface area contributed by atoms with Gasteiger partial charge in [-0.15, -0.1) is 0 Å². The molecule has 0 spiro atoms. The first-order valence-corrected chi connectivity index (χ1v) is 4.83. The Hall–Kier alpha value is -2.56. The first-order chi connectivity index (χ1) is 8.08. The number of aromatic hydroxyl groups is 1. The van der Waals surface area contributed by atoms with Gasteiger partial charge in [0.2, 0.25) is 0 Å². The molecule has 0 fully saturated rings. The molecule has 0 unspecified atom stereocenters. The Labute approximate surface area is 96.0 Å². The van der Waals surface area contributed by atoms with Gasteiger partial charge in [-0.2, -0.15) is 0 Å². The minimum atomic E-state index is -1.27. The van der Waals surface area contributed by atoms with Crippen molar-refractivity contribution in [1.82, 2.24) is 4.98 Å². The summed E-state index contributed by atoms with van der Waals surface area (Å²) in [5, 5.41) is 18.0. The molecule has 0 aliphatic heterocycles. The summed E-state index contributed by atoms with van der Waals surface area (Å²) in [5.41, 5.74) is 0.333. The van der Waals surface area contributed by atoms with Gasteiger partial charge >= 0.3 is 5.97 Å². The molecule has 1 aromatic carbocycles. The van der Waals surface area contributed by atoms with Crippen LogP contribution in [0.2, 0.25) is 0 Å². The van der Waals surface area contributed by atoms with Crippen LogP contribution in [0.4, 0.5) is 0 Å². The molecule has 5 nitrogen and oxygen atoms in total. The van der Waals surface area contributed by atoms with Crippen molar-refractivity contribution in [3.8, 4) is 16.9 Å². The van der Waals surface area contributed by atoms with Crippen LogP contribution in [0, 0.1) is 0 Å². The van der Waals surface area contributed by atoms with Crippen LogP contribution < -0.4 is 5.56 Å². The number of benzene rings is 1. The summed E-state index contributed by atoms with van der Waals surface area (Å²) in [6.45, 7) is 0. The van der Waals surface area contributed by atoms with Crippen molar-refractivity contribution in [3.63, 3.8) is 0 Å². The number of hydrogen-bond donors (Lipinski definition) is 3. The predicted molar refractivity (Wildman–Crippen MR) is 61.1 cm³/mol. The third kappa shape index (κ3) is 2.17. The summed E-state index contributed by atoms with van der Waals surface area (Å²) in [7, 11) is 0. The topological polar surface area (TPSA) is 90.4 Å². The number of phenolic OH excluding ortho intramolecular Hbond substituents is 1. The Morgan fingerprint density at radius 1 is 1.12 bits per heavy atom. The van der Waals surface area contributed by atoms with Crippen LogP contribution in [-0.4, -0.2) is 21.2 Å². The maximum atomic E-state index is 11.2. The summed E-state index contributed by atoms with van der Waals surface area (Å²) in [6.07, 6.45) is 1.43. The van der Waals surface area contributed by atoms with Gasteiger partial charge in [0, 0.05) is 6.20 Å². The lowest BCUT2D eigenvalue weighted by Crippen LogP contribution is -2.16. The van der Waals surface area contributed by atoms with Crippen molar-refractivity contribution in [2.24, 2.45) is 0 Å². The summed E-state index contributed by atoms with van der Waals surface area (Å²) < 4.78 is 0. The number of aromatic nitrogens is 1. The lowest BCUT2D eigenvalue weighted by Gasteiger charge is -2.02. The molecule has 1 aromatic heterocycles. The van der Waals surface area contributed by atoms with E-state index in [-0.39, 0.29) is 11.3 Å². The van der Waals surface area contributed by atoms with Crippen molar-refractivity contribution in [2.75, 3.05) is 0 Å². The molecule has 0 saturated heterocycles. The van der Waals surface area contributed by atoms with Crippen LogP contribution in [0.15, 0.2) is 41.3 Å². The molecule has 5 heteroatoms. The maximum Gasteiger partial charge on any atom is 0.341 e. The van der Waals surface area contributed by atoms with E-state index in [9.17, 15) is 9.59 Å². The zero-order chi connectivity index (χ0) is 12.4. The van der Waals surface area contributed by atoms with E-state index in [0.29, 0.717) is 11.1 Å². The number of hydrogen-bond acceptors (Lipinski definition) is 3. The lowest BCUT2D eigenvalue weighted by molar-refractivity contribution is 0.0695. The van der Waals surface area contributed by atoms with Gasteiger partial charge in [-0.25, -0.2) is 4.79 Å². The van der Waals surface area contributed by atoms with Crippen molar-refractivity contribution in [2.45, 2.75) is 0 Å². The number of rotatable bonds is 2. The highest BCUT2D eigenvalue weighted by Gasteiger charge is 2.10. The van der Waals surface area contributed by atoms with E-state index in [2.05, 4.69) is 4.98 Å². The number of nitrogens with one attached hydrogen (secondary N) is 1. The Morgan fingerprint density at radius 3 is 2.35 bits per heavy atom. The van der Waals surface area contributed by atoms with E-state index >= 15 is 0 Å². The Morgan fingerprint density at radius 2 is 1.76 bits per heavy atom. The highest BCUT2D eigenvalue weighted by molar-refractivity contribution is 5.88. The molecule has 86 valence electrons. The van der Waals surface area contributed by atoms with Crippen LogP contribution in [0.5, 0.6) is 5.75 Å². The van der Waals surface area contributed by atoms with Crippen molar-refractivity contribution >= 4 is 5.97 Å². The van der Waals surface area contributed by atoms with Crippen molar-refractivity contribution in [1.29, 1.82) is 0 Å². The molecule has 17 heavy (non-hydrogen) atoms. The molecule has 3 N–H and O–H groups in total. The minimum absolute atomic E-state index is 0.122. The first kappa shape index (κ1) is 10.9. The molecule has 0 aliphatic rings. The fraction of sp³-hybridized carbons (Fsp3) is 0. The predicted octanol–water partition coefficient (Wildman–Crippen LogP) is 1.45. The van der Waals surface area contributed by atoms with Gasteiger partial charge in [0.05, 0.1) is 0 Å². The summed E-state index contributed by atoms with van der Waals surface area (Å²) >= 11 is 0. The Bertz CT molecular complexity index is 613. The SMILES string of the molecule is O=C(O)c1cc(-c2ccc(O)cc2)c[nH]c1=O. The second kappa shape index (κ2) is 4.13. The van der Waals surface area contributed by atoms with E-state index in [1.165, 1.54) is 24.4 Å². The fourth-order valence-electron chi connectivity index (χ4n) is 1.46. The number of carboxylic acid groups (broad SMARTS) is 1. The Kier molecular flexibility index (Phi) is 2.66. The average molecular weight is 231 g/mol. The molecular weight excluding hydrogens is 222 g/mol. The number of pyridine rings is 1. The number of aromatic amines is 1. The smallest absolute Gasteiger partial charge is 0.341 e. The van der Waals surface area contributed by atoms with Crippen LogP contribution in [-0.2, 0) is 0 Å². The Balaban J connectivity index is 2.53. The molecular formula is C12H9NO4. The second-order valence-corrected chi connectivity index (χ2v) is 3.48. The molecule has 0 amide bonds. The lowest BCUT2D eigenvalue weighted by atomic mass is 10.1. The van der Waals surface area contributed by atoms with E-state index < -0.39 is 11.5 Å². The molecule has 0 bridgehead atoms. The highest BCUT2D eigenvalue weighted by atomic mass is 16.4. The van der Waals surface area contributed by atoms with Gasteiger partial charge in [-0.3, -0.25) is 4.79 Å². The molecule has 0 atom stereocenters. The van der Waals surface area contributed by atoms with E-state index in [4.69, 9.17) is 10.2 Å². The summed E-state index contributed by atoms with van der Waals surface area (Å²) in [6, 6.07) is 7.54. The molecule has 0 radical (unpaired) electrons. The third-order valence-electron chi connectivity index (χ3n) is 2.33. The van der Waals surface area contributed by atoms with E-state index in [0.717, 1.165) is 0 Å². The van der Waals surface area contributed by atoms with Crippen LogP contribution in [0.3, 0.4) is 0 Å². The molecule has 0 saturated carbocycles. The quantitative estimate of drug-likeness (QED) is 0.729. The monoisotopic (exact) mass is 231 g/mol. The highest BCUT2D eigenvalue weighted by Crippen LogP contribution is 2.20. The van der Waals surface area contributed by atoms with Crippen molar-refractivity contribution in [3.05, 3.63) is 52.4 Å². The van der Waals surface area contributed by atoms with Gasteiger partial charge in [-0.05, 0) is 29.3 Å². The number of H-pyrrole nitrogens is 1. The largest absolute Gasteiger partial charge is 0.508 e. The fourth-order valence-corrected chi connectivity index (χ4v) is 1.46. The van der Waals surface area contributed by atoms with Gasteiger partial charge in [0.1, 0.15) is 11.3 Å². The van der Waals surface area contributed by atoms with Gasteiger partial charge in [0.15, 0.2) is 0 Å². The summed E-state index contributed by atoms with van der Waals surface area (Å²) in [5.74, 6) is -1.15. The second-order valence-electron chi connectivity index (χ2n) is 3.48. The molecule has 2 aromatic rings. The zero-order valence-electron chi connectivity index (χ0n) is 8.68. The van der Waals surface area contributed by atoms with Crippen LogP contribution in [0.1, 0.15) is 10.4 Å². The van der Waals surface area contributed by atoms with E-state index in [1.807, 2.05) is 0 Å². The number of carboxylic acids is 1. The molecule has 1 heterocycles. The van der Waals surface area contributed by atoms with Crippen LogP contribution >= 0.6 is 0 Å². The van der Waals surface area contributed by atoms with E-state index in [1.54, 1.807) is 12.1 Å². The number of aromatic carboxylic acids is 1. The van der Waals surface area contributed by atoms with Crippen molar-refractivity contribution < 1.29 is 15.0 Å². The maximum absolute atomic E-state index is 11.2. The standard InChI is InChI=1S/C12H9NO4/c14-9-3-1-7(2-4-9)8-5-10(12(16)17)11(15)13-6-8/h1-6,14H,(H,13,15)(H,16,17). The normalized spacial score (nSPS) is 10.1.